The number of amides is 1. The summed E-state index contributed by atoms with van der Waals surface area (Å²) in [6.45, 7) is 4.37. The van der Waals surface area contributed by atoms with Gasteiger partial charge in [-0.2, -0.15) is 0 Å². The summed E-state index contributed by atoms with van der Waals surface area (Å²) in [4.78, 5) is 24.4. The van der Waals surface area contributed by atoms with Gasteiger partial charge in [-0.3, -0.25) is 4.79 Å². The molecule has 0 aromatic rings. The van der Waals surface area contributed by atoms with Crippen LogP contribution in [0.3, 0.4) is 0 Å². The van der Waals surface area contributed by atoms with Gasteiger partial charge in [0.1, 0.15) is 6.04 Å². The van der Waals surface area contributed by atoms with Gasteiger partial charge in [-0.1, -0.05) is 33.1 Å². The van der Waals surface area contributed by atoms with Gasteiger partial charge in [0.25, 0.3) is 0 Å². The maximum atomic E-state index is 12.6. The Kier molecular flexibility index (Phi) is 6.46. The van der Waals surface area contributed by atoms with Crippen molar-refractivity contribution in [1.29, 1.82) is 0 Å². The second-order valence-electron chi connectivity index (χ2n) is 6.22. The van der Waals surface area contributed by atoms with Crippen molar-refractivity contribution in [3.05, 3.63) is 0 Å². The summed E-state index contributed by atoms with van der Waals surface area (Å²) in [6, 6.07) is -0.571. The third-order valence-electron chi connectivity index (χ3n) is 4.18. The summed E-state index contributed by atoms with van der Waals surface area (Å²) in [5.74, 6) is -0.162. The van der Waals surface area contributed by atoms with Crippen LogP contribution < -0.4 is 11.1 Å². The van der Waals surface area contributed by atoms with Crippen LogP contribution in [-0.4, -0.2) is 31.6 Å². The number of hydrogen-bond donors (Lipinski definition) is 2. The van der Waals surface area contributed by atoms with E-state index in [1.807, 2.05) is 13.8 Å². The molecule has 20 heavy (non-hydrogen) atoms. The second-order valence-corrected chi connectivity index (χ2v) is 6.22. The molecule has 5 heteroatoms. The maximum Gasteiger partial charge on any atom is 0.328 e. The molecule has 5 nitrogen and oxygen atoms in total. The van der Waals surface area contributed by atoms with Gasteiger partial charge in [0.2, 0.25) is 5.91 Å². The fourth-order valence-corrected chi connectivity index (χ4v) is 2.89. The molecule has 1 aliphatic rings. The van der Waals surface area contributed by atoms with E-state index in [1.54, 1.807) is 0 Å². The molecule has 0 aliphatic heterocycles. The molecular weight excluding hydrogens is 256 g/mol. The zero-order valence-electron chi connectivity index (χ0n) is 12.9. The van der Waals surface area contributed by atoms with Gasteiger partial charge in [0, 0.05) is 6.54 Å². The van der Waals surface area contributed by atoms with E-state index in [-0.39, 0.29) is 11.9 Å². The molecule has 1 atom stereocenters. The van der Waals surface area contributed by atoms with Crippen LogP contribution in [0, 0.1) is 11.3 Å². The normalized spacial score (nSPS) is 19.4. The average molecular weight is 284 g/mol. The fourth-order valence-electron chi connectivity index (χ4n) is 2.89. The molecule has 1 fully saturated rings. The van der Waals surface area contributed by atoms with E-state index in [0.29, 0.717) is 18.9 Å². The van der Waals surface area contributed by atoms with Crippen molar-refractivity contribution in [3.63, 3.8) is 0 Å². The minimum Gasteiger partial charge on any atom is -0.467 e. The van der Waals surface area contributed by atoms with Crippen molar-refractivity contribution >= 4 is 11.9 Å². The Bertz CT molecular complexity index is 336. The third kappa shape index (κ3) is 4.20. The summed E-state index contributed by atoms with van der Waals surface area (Å²) in [5.41, 5.74) is 5.35. The summed E-state index contributed by atoms with van der Waals surface area (Å²) in [5, 5.41) is 2.87. The molecule has 3 N–H and O–H groups in total. The molecule has 0 aromatic carbocycles. The number of esters is 1. The first-order valence-electron chi connectivity index (χ1n) is 7.54. The van der Waals surface area contributed by atoms with Gasteiger partial charge in [-0.15, -0.1) is 0 Å². The van der Waals surface area contributed by atoms with E-state index in [1.165, 1.54) is 7.11 Å². The number of nitrogens with one attached hydrogen (secondary N) is 1. The Morgan fingerprint density at radius 1 is 1.25 bits per heavy atom. The van der Waals surface area contributed by atoms with E-state index in [4.69, 9.17) is 10.5 Å². The third-order valence-corrected chi connectivity index (χ3v) is 4.18. The summed E-state index contributed by atoms with van der Waals surface area (Å²) < 4.78 is 4.78. The molecule has 116 valence electrons. The van der Waals surface area contributed by atoms with E-state index in [0.717, 1.165) is 32.1 Å². The standard InChI is InChI=1S/C15H28N2O3/c1-11(2)9-12(13(18)20-3)17-14(19)15(10-16)7-5-4-6-8-15/h11-12H,4-10,16H2,1-3H3,(H,17,19). The number of hydrogen-bond acceptors (Lipinski definition) is 4. The number of carbonyl (C=O) groups excluding carboxylic acids is 2. The average Bonchev–Trinajstić information content (AvgIpc) is 2.45. The Morgan fingerprint density at radius 3 is 2.30 bits per heavy atom. The maximum absolute atomic E-state index is 12.6. The molecule has 0 radical (unpaired) electrons. The molecular formula is C15H28N2O3. The fraction of sp³-hybridized carbons (Fsp3) is 0.867. The van der Waals surface area contributed by atoms with E-state index in [9.17, 15) is 9.59 Å². The molecule has 1 aliphatic carbocycles. The van der Waals surface area contributed by atoms with Crippen LogP contribution in [0.5, 0.6) is 0 Å². The molecule has 0 aromatic heterocycles. The molecule has 1 unspecified atom stereocenters. The molecule has 0 saturated heterocycles. The minimum atomic E-state index is -0.571. The van der Waals surface area contributed by atoms with E-state index < -0.39 is 11.5 Å². The highest BCUT2D eigenvalue weighted by molar-refractivity contribution is 5.88. The Morgan fingerprint density at radius 2 is 1.85 bits per heavy atom. The van der Waals surface area contributed by atoms with Gasteiger partial charge >= 0.3 is 5.97 Å². The number of ether oxygens (including phenoxy) is 1. The predicted octanol–water partition coefficient (Wildman–Crippen LogP) is 1.60. The first-order chi connectivity index (χ1) is 9.45. The molecule has 0 spiro atoms. The quantitative estimate of drug-likeness (QED) is 0.726. The molecule has 0 bridgehead atoms. The number of nitrogens with two attached hydrogens (primary N) is 1. The Balaban J connectivity index is 2.75. The highest BCUT2D eigenvalue weighted by Crippen LogP contribution is 2.35. The van der Waals surface area contributed by atoms with Gasteiger partial charge in [-0.05, 0) is 25.2 Å². The largest absolute Gasteiger partial charge is 0.467 e. The van der Waals surface area contributed by atoms with Crippen molar-refractivity contribution in [3.8, 4) is 0 Å². The van der Waals surface area contributed by atoms with Gasteiger partial charge in [-0.25, -0.2) is 4.79 Å². The zero-order valence-corrected chi connectivity index (χ0v) is 12.9. The van der Waals surface area contributed by atoms with Crippen LogP contribution in [0.1, 0.15) is 52.4 Å². The van der Waals surface area contributed by atoms with E-state index in [2.05, 4.69) is 5.32 Å². The molecule has 0 heterocycles. The lowest BCUT2D eigenvalue weighted by Crippen LogP contribution is -2.52. The van der Waals surface area contributed by atoms with Crippen LogP contribution in [-0.2, 0) is 14.3 Å². The van der Waals surface area contributed by atoms with Crippen LogP contribution in [0.4, 0.5) is 0 Å². The highest BCUT2D eigenvalue weighted by atomic mass is 16.5. The second kappa shape index (κ2) is 7.62. The van der Waals surface area contributed by atoms with Crippen LogP contribution in [0.2, 0.25) is 0 Å². The Hall–Kier alpha value is -1.10. The number of rotatable bonds is 6. The lowest BCUT2D eigenvalue weighted by molar-refractivity contribution is -0.147. The van der Waals surface area contributed by atoms with Crippen molar-refractivity contribution < 1.29 is 14.3 Å². The van der Waals surface area contributed by atoms with Crippen LogP contribution in [0.15, 0.2) is 0 Å². The first kappa shape index (κ1) is 17.0. The van der Waals surface area contributed by atoms with Crippen molar-refractivity contribution in [2.45, 2.75) is 58.4 Å². The van der Waals surface area contributed by atoms with Gasteiger partial charge < -0.3 is 15.8 Å². The molecule has 1 amide bonds. The SMILES string of the molecule is COC(=O)C(CC(C)C)NC(=O)C1(CN)CCCCC1. The van der Waals surface area contributed by atoms with Gasteiger partial charge in [0.05, 0.1) is 12.5 Å². The van der Waals surface area contributed by atoms with Gasteiger partial charge in [0.15, 0.2) is 0 Å². The number of carbonyl (C=O) groups is 2. The lowest BCUT2D eigenvalue weighted by Gasteiger charge is -2.35. The Labute approximate surface area is 121 Å². The topological polar surface area (TPSA) is 81.4 Å². The molecule has 1 saturated carbocycles. The molecule has 1 rings (SSSR count). The predicted molar refractivity (Wildman–Crippen MR) is 78.0 cm³/mol. The number of methoxy groups -OCH3 is 1. The smallest absolute Gasteiger partial charge is 0.328 e. The summed E-state index contributed by atoms with van der Waals surface area (Å²) >= 11 is 0. The zero-order chi connectivity index (χ0) is 15.2. The van der Waals surface area contributed by atoms with Crippen molar-refractivity contribution in [1.82, 2.24) is 5.32 Å². The van der Waals surface area contributed by atoms with E-state index >= 15 is 0 Å². The van der Waals surface area contributed by atoms with Crippen molar-refractivity contribution in [2.24, 2.45) is 17.1 Å². The summed E-state index contributed by atoms with van der Waals surface area (Å²) in [6.07, 6.45) is 5.41. The van der Waals surface area contributed by atoms with Crippen molar-refractivity contribution in [2.75, 3.05) is 13.7 Å². The summed E-state index contributed by atoms with van der Waals surface area (Å²) in [7, 11) is 1.35. The monoisotopic (exact) mass is 284 g/mol. The first-order valence-corrected chi connectivity index (χ1v) is 7.54. The van der Waals surface area contributed by atoms with Crippen LogP contribution in [0.25, 0.3) is 0 Å². The minimum absolute atomic E-state index is 0.0873. The van der Waals surface area contributed by atoms with Crippen LogP contribution >= 0.6 is 0 Å². The lowest BCUT2D eigenvalue weighted by atomic mass is 9.73. The highest BCUT2D eigenvalue weighted by Gasteiger charge is 2.39.